The summed E-state index contributed by atoms with van der Waals surface area (Å²) in [5.41, 5.74) is 8.79. The second kappa shape index (κ2) is 7.96. The van der Waals surface area contributed by atoms with Crippen molar-refractivity contribution < 1.29 is 16.6 Å². The van der Waals surface area contributed by atoms with E-state index in [9.17, 15) is 0 Å². The predicted octanol–water partition coefficient (Wildman–Crippen LogP) is 8.61. The fourth-order valence-electron chi connectivity index (χ4n) is 7.26. The van der Waals surface area contributed by atoms with Crippen LogP contribution in [0, 0.1) is 13.8 Å². The van der Waals surface area contributed by atoms with Crippen LogP contribution in [0.5, 0.6) is 0 Å². The Morgan fingerprint density at radius 3 is 1.83 bits per heavy atom. The van der Waals surface area contributed by atoms with E-state index in [4.69, 9.17) is 0 Å². The van der Waals surface area contributed by atoms with Crippen LogP contribution in [0.1, 0.15) is 70.9 Å². The fraction of sp³-hybridized carbons (Fsp3) is 0.630. The molecule has 2 aliphatic rings. The molecule has 2 unspecified atom stereocenters. The molecule has 2 heteroatoms. The molecule has 0 N–H and O–H groups in total. The van der Waals surface area contributed by atoms with Gasteiger partial charge in [-0.1, -0.05) is 0 Å². The monoisotopic (exact) mass is 444 g/mol. The number of benzene rings is 1. The number of hydrogen-bond donors (Lipinski definition) is 0. The molecule has 0 amide bonds. The zero-order valence-corrected chi connectivity index (χ0v) is 23.4. The van der Waals surface area contributed by atoms with Crippen molar-refractivity contribution in [1.29, 1.82) is 0 Å². The summed E-state index contributed by atoms with van der Waals surface area (Å²) in [5.74, 6) is 0. The molecule has 0 bridgehead atoms. The Balaban J connectivity index is 2.36. The molecule has 3 rings (SSSR count). The van der Waals surface area contributed by atoms with Gasteiger partial charge in [-0.05, 0) is 0 Å². The fourth-order valence-corrected chi connectivity index (χ4v) is 20.9. The van der Waals surface area contributed by atoms with Gasteiger partial charge in [-0.25, -0.2) is 0 Å². The number of rotatable bonds is 4. The van der Waals surface area contributed by atoms with Crippen LogP contribution in [0.15, 0.2) is 38.8 Å². The molecule has 0 aromatic heterocycles. The van der Waals surface area contributed by atoms with Gasteiger partial charge < -0.3 is 0 Å². The first-order valence-electron chi connectivity index (χ1n) is 11.8. The van der Waals surface area contributed by atoms with Crippen molar-refractivity contribution in [3.8, 4) is 0 Å². The van der Waals surface area contributed by atoms with E-state index in [-0.39, 0.29) is 5.04 Å². The molecule has 160 valence electrons. The Kier molecular flexibility index (Phi) is 6.39. The third-order valence-corrected chi connectivity index (χ3v) is 19.3. The number of allylic oxidation sites excluding steroid dienone is 4. The summed E-state index contributed by atoms with van der Waals surface area (Å²) in [4.78, 5) is 0. The second-order valence-electron chi connectivity index (χ2n) is 11.5. The third-order valence-electron chi connectivity index (χ3n) is 8.78. The van der Waals surface area contributed by atoms with Crippen molar-refractivity contribution >= 4 is 13.3 Å². The Labute approximate surface area is 185 Å². The standard InChI is InChI=1S/C24H35Si.3CH3.Ti/c1-17-13-18(2)15-23(14-17)25(7,22-11-9-8-10-12-22)24(6)16-19(3)20(4)21(24)5;;;;/h13-15,22H,8-12H2,1-7H3;3*1H3;. The van der Waals surface area contributed by atoms with Gasteiger partial charge in [0.15, 0.2) is 0 Å². The number of hydrogen-bond acceptors (Lipinski definition) is 0. The molecule has 0 saturated heterocycles. The first-order valence-corrected chi connectivity index (χ1v) is 19.9. The van der Waals surface area contributed by atoms with E-state index in [1.807, 2.05) is 3.88 Å². The molecule has 0 heterocycles. The number of aryl methyl sites for hydroxylation is 2. The Bertz CT molecular complexity index is 843. The van der Waals surface area contributed by atoms with Crippen LogP contribution in [0.2, 0.25) is 32.8 Å². The van der Waals surface area contributed by atoms with E-state index >= 15 is 0 Å². The molecule has 0 nitrogen and oxygen atoms in total. The second-order valence-corrected chi connectivity index (χ2v) is 24.1. The summed E-state index contributed by atoms with van der Waals surface area (Å²) in [5, 5.41) is 9.93. The van der Waals surface area contributed by atoms with Gasteiger partial charge in [0.05, 0.1) is 0 Å². The van der Waals surface area contributed by atoms with Crippen molar-refractivity contribution in [2.75, 3.05) is 0 Å². The van der Waals surface area contributed by atoms with E-state index < -0.39 is 24.7 Å². The van der Waals surface area contributed by atoms with Gasteiger partial charge in [-0.3, -0.25) is 0 Å². The van der Waals surface area contributed by atoms with Crippen LogP contribution < -0.4 is 5.19 Å². The maximum atomic E-state index is 2.79. The van der Waals surface area contributed by atoms with Crippen LogP contribution in [0.4, 0.5) is 0 Å². The molecule has 2 atom stereocenters. The summed E-state index contributed by atoms with van der Waals surface area (Å²) >= 11 is -2.05. The first kappa shape index (κ1) is 23.3. The minimum absolute atomic E-state index is 0.279. The molecular formula is C27H44SiTi. The normalized spacial score (nSPS) is 26.3. The average molecular weight is 445 g/mol. The van der Waals surface area contributed by atoms with E-state index in [0.29, 0.717) is 0 Å². The average Bonchev–Trinajstić information content (AvgIpc) is 2.82. The van der Waals surface area contributed by atoms with Crippen molar-refractivity contribution in [1.82, 2.24) is 0 Å². The quantitative estimate of drug-likeness (QED) is 0.408. The van der Waals surface area contributed by atoms with Crippen LogP contribution in [-0.2, 0) is 16.6 Å². The van der Waals surface area contributed by atoms with Crippen molar-refractivity contribution in [2.45, 2.75) is 106 Å². The summed E-state index contributed by atoms with van der Waals surface area (Å²) in [6.45, 7) is 17.5. The molecule has 1 fully saturated rings. The molecule has 2 aliphatic carbocycles. The van der Waals surface area contributed by atoms with Gasteiger partial charge in [0.1, 0.15) is 0 Å². The molecule has 1 aromatic carbocycles. The minimum atomic E-state index is -2.05. The van der Waals surface area contributed by atoms with Crippen molar-refractivity contribution in [3.63, 3.8) is 0 Å². The van der Waals surface area contributed by atoms with Crippen LogP contribution >= 0.6 is 0 Å². The van der Waals surface area contributed by atoms with Gasteiger partial charge in [-0.2, -0.15) is 0 Å². The molecule has 1 aromatic rings. The van der Waals surface area contributed by atoms with Gasteiger partial charge in [0.25, 0.3) is 0 Å². The Hall–Kier alpha value is -0.369. The van der Waals surface area contributed by atoms with Crippen LogP contribution in [-0.4, -0.2) is 8.07 Å². The zero-order chi connectivity index (χ0) is 21.8. The maximum absolute atomic E-state index is 2.79. The third kappa shape index (κ3) is 3.64. The molecule has 0 spiro atoms. The SMILES string of the molecule is CC1=C(C)C(C)([Si](C)(c2cc(C)cc(C)c2)C2CCCCC2)[C]([Ti]([CH3])([CH3])[CH3])=C1C. The zero-order valence-electron chi connectivity index (χ0n) is 20.8. The van der Waals surface area contributed by atoms with Gasteiger partial charge in [0, 0.05) is 0 Å². The summed E-state index contributed by atoms with van der Waals surface area (Å²) < 4.78 is 1.92. The molecule has 1 saturated carbocycles. The summed E-state index contributed by atoms with van der Waals surface area (Å²) in [6.07, 6.45) is 7.20. The van der Waals surface area contributed by atoms with Gasteiger partial charge in [0.2, 0.25) is 0 Å². The molecule has 0 aliphatic heterocycles. The van der Waals surface area contributed by atoms with Crippen LogP contribution in [0.3, 0.4) is 0 Å². The Morgan fingerprint density at radius 1 is 0.828 bits per heavy atom. The van der Waals surface area contributed by atoms with Crippen molar-refractivity contribution in [2.24, 2.45) is 0 Å². The molecular weight excluding hydrogens is 400 g/mol. The molecule has 29 heavy (non-hydrogen) atoms. The van der Waals surface area contributed by atoms with E-state index in [1.54, 1.807) is 21.9 Å². The van der Waals surface area contributed by atoms with Gasteiger partial charge in [-0.15, -0.1) is 0 Å². The summed E-state index contributed by atoms with van der Waals surface area (Å²) in [7, 11) is -1.87. The first-order chi connectivity index (χ1) is 13.3. The Morgan fingerprint density at radius 2 is 1.34 bits per heavy atom. The summed E-state index contributed by atoms with van der Waals surface area (Å²) in [6, 6.07) is 7.54. The topological polar surface area (TPSA) is 0 Å². The van der Waals surface area contributed by atoms with Gasteiger partial charge >= 0.3 is 186 Å². The van der Waals surface area contributed by atoms with E-state index in [2.05, 4.69) is 82.0 Å². The van der Waals surface area contributed by atoms with Crippen LogP contribution in [0.25, 0.3) is 0 Å². The molecule has 0 radical (unpaired) electrons. The van der Waals surface area contributed by atoms with Crippen molar-refractivity contribution in [3.05, 3.63) is 49.9 Å². The predicted molar refractivity (Wildman–Crippen MR) is 131 cm³/mol. The van der Waals surface area contributed by atoms with E-state index in [1.165, 1.54) is 43.2 Å². The van der Waals surface area contributed by atoms with E-state index in [0.717, 1.165) is 5.54 Å².